The van der Waals surface area contributed by atoms with E-state index in [9.17, 15) is 13.2 Å². The van der Waals surface area contributed by atoms with Gasteiger partial charge in [0.1, 0.15) is 5.82 Å². The minimum absolute atomic E-state index is 0.180. The van der Waals surface area contributed by atoms with Crippen molar-refractivity contribution >= 4 is 10.8 Å². The Morgan fingerprint density at radius 1 is 0.686 bits per heavy atom. The molecular weight excluding hydrogens is 448 g/mol. The van der Waals surface area contributed by atoms with Crippen LogP contribution in [0.3, 0.4) is 0 Å². The van der Waals surface area contributed by atoms with E-state index in [1.165, 1.54) is 24.1 Å². The average Bonchev–Trinajstić information content (AvgIpc) is 2.86. The fourth-order valence-electron chi connectivity index (χ4n) is 3.63. The number of rotatable bonds is 3. The largest absolute Gasteiger partial charge is 0.416 e. The maximum Gasteiger partial charge on any atom is 0.416 e. The van der Waals surface area contributed by atoms with Crippen molar-refractivity contribution < 1.29 is 17.6 Å². The van der Waals surface area contributed by atoms with Crippen LogP contribution < -0.4 is 0 Å². The third kappa shape index (κ3) is 6.11. The molecular formula is C31H22F4. The standard InChI is InChI=1S/C31H22F4/c1-2-3-4-22-5-7-23(8-6-22)9-10-25-14-20-29-27(21-25)17-16-26(30(29)32)15-11-24-12-18-28(19-13-24)31(33,34)35/h5-8,12-14,16-21H,2-4H2,1H3. The van der Waals surface area contributed by atoms with Crippen molar-refractivity contribution in [3.05, 3.63) is 118 Å². The molecule has 0 radical (unpaired) electrons. The van der Waals surface area contributed by atoms with Crippen molar-refractivity contribution in [1.29, 1.82) is 0 Å². The second-order valence-corrected chi connectivity index (χ2v) is 8.24. The van der Waals surface area contributed by atoms with E-state index in [4.69, 9.17) is 0 Å². The summed E-state index contributed by atoms with van der Waals surface area (Å²) in [5.74, 6) is 11.3. The van der Waals surface area contributed by atoms with Crippen molar-refractivity contribution in [3.8, 4) is 23.7 Å². The molecule has 0 aromatic heterocycles. The van der Waals surface area contributed by atoms with Crippen molar-refractivity contribution in [2.24, 2.45) is 0 Å². The molecule has 4 heteroatoms. The topological polar surface area (TPSA) is 0 Å². The molecule has 174 valence electrons. The van der Waals surface area contributed by atoms with Crippen LogP contribution in [0.5, 0.6) is 0 Å². The highest BCUT2D eigenvalue weighted by atomic mass is 19.4. The molecule has 35 heavy (non-hydrogen) atoms. The SMILES string of the molecule is CCCCc1ccc(C#Cc2ccc3c(F)c(C#Cc4ccc(C(F)(F)F)cc4)ccc3c2)cc1. The Kier molecular flexibility index (Phi) is 7.23. The molecule has 0 saturated heterocycles. The summed E-state index contributed by atoms with van der Waals surface area (Å²) in [7, 11) is 0. The first-order valence-corrected chi connectivity index (χ1v) is 11.4. The Hall–Kier alpha value is -4.02. The van der Waals surface area contributed by atoms with Gasteiger partial charge in [-0.2, -0.15) is 13.2 Å². The maximum absolute atomic E-state index is 15.0. The first-order valence-electron chi connectivity index (χ1n) is 11.4. The average molecular weight is 471 g/mol. The number of hydrogen-bond donors (Lipinski definition) is 0. The Morgan fingerprint density at radius 2 is 1.29 bits per heavy atom. The fraction of sp³-hybridized carbons (Fsp3) is 0.161. The number of halogens is 4. The zero-order valence-electron chi connectivity index (χ0n) is 19.1. The van der Waals surface area contributed by atoms with Gasteiger partial charge in [-0.05, 0) is 78.4 Å². The molecule has 0 aliphatic heterocycles. The van der Waals surface area contributed by atoms with Crippen molar-refractivity contribution in [2.45, 2.75) is 32.4 Å². The molecule has 0 bridgehead atoms. The van der Waals surface area contributed by atoms with E-state index in [0.29, 0.717) is 16.3 Å². The third-order valence-electron chi connectivity index (χ3n) is 5.63. The van der Waals surface area contributed by atoms with Crippen LogP contribution in [0.4, 0.5) is 17.6 Å². The molecule has 4 aromatic rings. The van der Waals surface area contributed by atoms with E-state index in [1.54, 1.807) is 24.3 Å². The van der Waals surface area contributed by atoms with Gasteiger partial charge in [0.05, 0.1) is 11.1 Å². The zero-order valence-corrected chi connectivity index (χ0v) is 19.1. The van der Waals surface area contributed by atoms with Crippen LogP contribution in [0.15, 0.2) is 78.9 Å². The van der Waals surface area contributed by atoms with E-state index < -0.39 is 17.6 Å². The number of aryl methyl sites for hydroxylation is 1. The number of unbranched alkanes of at least 4 members (excludes halogenated alkanes) is 1. The van der Waals surface area contributed by atoms with Gasteiger partial charge in [-0.1, -0.05) is 61.3 Å². The van der Waals surface area contributed by atoms with Gasteiger partial charge in [0.25, 0.3) is 0 Å². The van der Waals surface area contributed by atoms with Gasteiger partial charge in [0.2, 0.25) is 0 Å². The van der Waals surface area contributed by atoms with E-state index in [2.05, 4.69) is 42.7 Å². The first-order chi connectivity index (χ1) is 16.8. The number of benzene rings is 4. The van der Waals surface area contributed by atoms with Gasteiger partial charge in [0.15, 0.2) is 0 Å². The summed E-state index contributed by atoms with van der Waals surface area (Å²) in [6.07, 6.45) is -1.01. The van der Waals surface area contributed by atoms with Crippen LogP contribution >= 0.6 is 0 Å². The normalized spacial score (nSPS) is 10.9. The molecule has 0 unspecified atom stereocenters. The van der Waals surface area contributed by atoms with Crippen LogP contribution in [0, 0.1) is 29.5 Å². The van der Waals surface area contributed by atoms with Crippen molar-refractivity contribution in [1.82, 2.24) is 0 Å². The summed E-state index contributed by atoms with van der Waals surface area (Å²) in [6.45, 7) is 2.17. The lowest BCUT2D eigenvalue weighted by atomic mass is 10.0. The summed E-state index contributed by atoms with van der Waals surface area (Å²) >= 11 is 0. The minimum atomic E-state index is -4.40. The molecule has 0 aliphatic rings. The third-order valence-corrected chi connectivity index (χ3v) is 5.63. The summed E-state index contributed by atoms with van der Waals surface area (Å²) in [5, 5.41) is 1.11. The molecule has 0 saturated carbocycles. The molecule has 0 fully saturated rings. The molecule has 0 atom stereocenters. The Balaban J connectivity index is 1.53. The maximum atomic E-state index is 15.0. The predicted octanol–water partition coefficient (Wildman–Crippen LogP) is 8.14. The van der Waals surface area contributed by atoms with Crippen LogP contribution in [0.1, 0.15) is 53.1 Å². The highest BCUT2D eigenvalue weighted by molar-refractivity contribution is 5.86. The van der Waals surface area contributed by atoms with Crippen LogP contribution in [-0.4, -0.2) is 0 Å². The number of alkyl halides is 3. The summed E-state index contributed by atoms with van der Waals surface area (Å²) in [6, 6.07) is 21.3. The second kappa shape index (κ2) is 10.5. The highest BCUT2D eigenvalue weighted by Crippen LogP contribution is 2.29. The molecule has 4 aromatic carbocycles. The van der Waals surface area contributed by atoms with Crippen LogP contribution in [0.25, 0.3) is 10.8 Å². The lowest BCUT2D eigenvalue weighted by Gasteiger charge is -2.05. The summed E-state index contributed by atoms with van der Waals surface area (Å²) < 4.78 is 53.1. The smallest absolute Gasteiger partial charge is 0.205 e. The lowest BCUT2D eigenvalue weighted by molar-refractivity contribution is -0.137. The van der Waals surface area contributed by atoms with E-state index >= 15 is 4.39 Å². The molecule has 0 amide bonds. The minimum Gasteiger partial charge on any atom is -0.205 e. The van der Waals surface area contributed by atoms with E-state index in [0.717, 1.165) is 36.1 Å². The number of fused-ring (bicyclic) bond motifs is 1. The molecule has 0 N–H and O–H groups in total. The van der Waals surface area contributed by atoms with Gasteiger partial charge in [-0.25, -0.2) is 4.39 Å². The molecule has 0 spiro atoms. The Bertz CT molecular complexity index is 1450. The van der Waals surface area contributed by atoms with Gasteiger partial charge in [0, 0.05) is 22.1 Å². The van der Waals surface area contributed by atoms with Crippen LogP contribution in [-0.2, 0) is 12.6 Å². The fourth-order valence-corrected chi connectivity index (χ4v) is 3.63. The zero-order chi connectivity index (χ0) is 24.8. The van der Waals surface area contributed by atoms with Gasteiger partial charge in [-0.3, -0.25) is 0 Å². The highest BCUT2D eigenvalue weighted by Gasteiger charge is 2.29. The predicted molar refractivity (Wildman–Crippen MR) is 132 cm³/mol. The second-order valence-electron chi connectivity index (χ2n) is 8.24. The molecule has 0 heterocycles. The molecule has 0 aliphatic carbocycles. The van der Waals surface area contributed by atoms with Crippen LogP contribution in [0.2, 0.25) is 0 Å². The summed E-state index contributed by atoms with van der Waals surface area (Å²) in [5.41, 5.74) is 2.81. The van der Waals surface area contributed by atoms with Gasteiger partial charge < -0.3 is 0 Å². The number of hydrogen-bond acceptors (Lipinski definition) is 0. The van der Waals surface area contributed by atoms with Crippen molar-refractivity contribution in [2.75, 3.05) is 0 Å². The monoisotopic (exact) mass is 470 g/mol. The Morgan fingerprint density at radius 3 is 1.94 bits per heavy atom. The van der Waals surface area contributed by atoms with E-state index in [1.807, 2.05) is 18.2 Å². The van der Waals surface area contributed by atoms with E-state index in [-0.39, 0.29) is 5.56 Å². The quantitative estimate of drug-likeness (QED) is 0.209. The van der Waals surface area contributed by atoms with Gasteiger partial charge >= 0.3 is 6.18 Å². The molecule has 4 rings (SSSR count). The summed E-state index contributed by atoms with van der Waals surface area (Å²) in [4.78, 5) is 0. The van der Waals surface area contributed by atoms with Crippen molar-refractivity contribution in [3.63, 3.8) is 0 Å². The molecule has 0 nitrogen and oxygen atoms in total. The Labute approximate surface area is 202 Å². The first kappa shape index (κ1) is 24.1. The lowest BCUT2D eigenvalue weighted by Crippen LogP contribution is -2.04. The van der Waals surface area contributed by atoms with Gasteiger partial charge in [-0.15, -0.1) is 0 Å².